The molecular formula is C43H71LiN2O5. The van der Waals surface area contributed by atoms with Gasteiger partial charge in [-0.1, -0.05) is 48.5 Å². The molecule has 0 aromatic rings. The van der Waals surface area contributed by atoms with Crippen LogP contribution in [0.15, 0.2) is 0 Å². The van der Waals surface area contributed by atoms with Crippen LogP contribution >= 0.6 is 0 Å². The van der Waals surface area contributed by atoms with Crippen LogP contribution < -0.4 is 18.9 Å². The van der Waals surface area contributed by atoms with Crippen molar-refractivity contribution in [3.8, 4) is 12.1 Å². The largest absolute Gasteiger partial charge is 1.00 e. The fourth-order valence-corrected chi connectivity index (χ4v) is 16.3. The molecule has 51 heavy (non-hydrogen) atoms. The van der Waals surface area contributed by atoms with E-state index in [1.807, 2.05) is 0 Å². The van der Waals surface area contributed by atoms with Crippen molar-refractivity contribution in [2.24, 2.45) is 98.6 Å². The van der Waals surface area contributed by atoms with E-state index in [-0.39, 0.29) is 76.2 Å². The summed E-state index contributed by atoms with van der Waals surface area (Å²) in [5.41, 5.74) is 0.553. The fourth-order valence-electron chi connectivity index (χ4n) is 16.3. The second-order valence-corrected chi connectivity index (χ2v) is 20.4. The summed E-state index contributed by atoms with van der Waals surface area (Å²) in [7, 11) is 0. The van der Waals surface area contributed by atoms with Crippen LogP contribution in [0.5, 0.6) is 0 Å². The predicted molar refractivity (Wildman–Crippen MR) is 194 cm³/mol. The molecular weight excluding hydrogens is 631 g/mol. The van der Waals surface area contributed by atoms with Crippen LogP contribution in [0.4, 0.5) is 0 Å². The molecule has 0 radical (unpaired) electrons. The Bertz CT molecular complexity index is 1220. The van der Waals surface area contributed by atoms with Gasteiger partial charge in [0.1, 0.15) is 0 Å². The number of aliphatic hydroxyl groups excluding tert-OH is 3. The van der Waals surface area contributed by atoms with Gasteiger partial charge in [-0.2, -0.15) is 10.5 Å². The second kappa shape index (κ2) is 15.1. The Kier molecular flexibility index (Phi) is 12.8. The first-order chi connectivity index (χ1) is 22.7. The van der Waals surface area contributed by atoms with E-state index in [1.165, 1.54) is 51.4 Å². The molecule has 20 atom stereocenters. The number of aliphatic hydroxyl groups is 3. The summed E-state index contributed by atoms with van der Waals surface area (Å²) >= 11 is 0. The zero-order valence-electron chi connectivity index (χ0n) is 33.3. The second-order valence-electron chi connectivity index (χ2n) is 20.4. The van der Waals surface area contributed by atoms with Crippen LogP contribution in [-0.4, -0.2) is 44.6 Å². The van der Waals surface area contributed by atoms with Crippen molar-refractivity contribution in [1.29, 1.82) is 10.5 Å². The molecule has 0 spiro atoms. The van der Waals surface area contributed by atoms with E-state index in [1.54, 1.807) is 0 Å². The van der Waals surface area contributed by atoms with Crippen LogP contribution in [-0.2, 0) is 0 Å². The Morgan fingerprint density at radius 3 is 1.33 bits per heavy atom. The monoisotopic (exact) mass is 703 g/mol. The molecule has 0 aromatic heterocycles. The van der Waals surface area contributed by atoms with Crippen molar-refractivity contribution in [2.45, 2.75) is 157 Å². The molecule has 0 bridgehead atoms. The fraction of sp³-hybridized carbons (Fsp3) is 0.953. The average molecular weight is 703 g/mol. The minimum Gasteiger partial charge on any atom is -0.870 e. The Hall–Kier alpha value is -0.623. The average Bonchev–Trinajstić information content (AvgIpc) is 3.56. The van der Waals surface area contributed by atoms with E-state index in [2.05, 4.69) is 60.6 Å². The summed E-state index contributed by atoms with van der Waals surface area (Å²) in [6.07, 6.45) is 15.0. The van der Waals surface area contributed by atoms with Crippen molar-refractivity contribution in [2.75, 3.05) is 0 Å². The molecule has 7 nitrogen and oxygen atoms in total. The molecule has 284 valence electrons. The van der Waals surface area contributed by atoms with E-state index in [4.69, 9.17) is 0 Å². The maximum Gasteiger partial charge on any atom is 1.00 e. The maximum atomic E-state index is 11.3. The SMILES string of the molecule is C[C@H]1[C@H](C)CC[C@]2(C)[C@@H]3[C@@H](CC[C@@H]12)[C@@H]1CC[C@H](C#N)[C@@]1(C)C[C@@H]3O.C[C@H]1[C@H](O)CC[C@]2(C)[C@@H]3[C@@H](CC[C@@H]12)[C@@H]1CC[C@H](C#N)[C@@]1(C)C[C@@H]3O.O.[Li+].[OH-]. The maximum absolute atomic E-state index is 11.3. The Morgan fingerprint density at radius 2 is 0.902 bits per heavy atom. The van der Waals surface area contributed by atoms with E-state index in [9.17, 15) is 25.8 Å². The van der Waals surface area contributed by atoms with E-state index >= 15 is 0 Å². The molecule has 0 heterocycles. The Labute approximate surface area is 321 Å². The summed E-state index contributed by atoms with van der Waals surface area (Å²) in [5, 5.41) is 52.1. The van der Waals surface area contributed by atoms with Crippen molar-refractivity contribution >= 4 is 0 Å². The summed E-state index contributed by atoms with van der Waals surface area (Å²) in [5.74, 6) is 6.91. The van der Waals surface area contributed by atoms with Gasteiger partial charge in [0.2, 0.25) is 0 Å². The summed E-state index contributed by atoms with van der Waals surface area (Å²) in [4.78, 5) is 0. The van der Waals surface area contributed by atoms with Gasteiger partial charge in [-0.05, 0) is 177 Å². The summed E-state index contributed by atoms with van der Waals surface area (Å²) < 4.78 is 0. The van der Waals surface area contributed by atoms with Crippen LogP contribution in [0.1, 0.15) is 138 Å². The molecule has 8 fully saturated rings. The quantitative estimate of drug-likeness (QED) is 0.307. The number of nitrogens with zero attached hydrogens (tertiary/aromatic N) is 2. The molecule has 8 aliphatic rings. The van der Waals surface area contributed by atoms with Gasteiger partial charge in [0.05, 0.1) is 42.3 Å². The van der Waals surface area contributed by atoms with Crippen molar-refractivity contribution in [3.63, 3.8) is 0 Å². The Balaban J connectivity index is 0.000000216. The van der Waals surface area contributed by atoms with Crippen molar-refractivity contribution in [3.05, 3.63) is 0 Å². The van der Waals surface area contributed by atoms with Crippen LogP contribution in [0.3, 0.4) is 0 Å². The molecule has 8 aliphatic carbocycles. The molecule has 8 heteroatoms. The molecule has 8 saturated carbocycles. The third-order valence-electron chi connectivity index (χ3n) is 18.9. The van der Waals surface area contributed by atoms with Gasteiger partial charge < -0.3 is 26.3 Å². The standard InChI is InChI=1S/C22H35NO.C21H33NO2.Li.2H2O/c1-13-9-10-21(3)17(14(13)2)8-6-16-18-7-5-15(12-23)22(18,4)11-19(24)20(16)21;1-12-15-7-5-14-16-6-4-13(11-22)21(16,3)10-18(24)19(14)20(15,2)9-8-17(12)23;;;/h13-20,24H,5-11H2,1-4H3;12-19,23-24H,4-10H2,1-3H3;;2*1H2/q;;+1;;/p-1/t13-,14+,15-,16+,17+,18+,19+,20-,21+,22-;12-,13-,14+,15+,16+,17-,18+,19-,20+,21-;;;/m11.../s1. The zero-order valence-corrected chi connectivity index (χ0v) is 33.3. The molecule has 0 saturated heterocycles. The number of hydrogen-bond donors (Lipinski definition) is 3. The first kappa shape index (κ1) is 43.1. The third-order valence-corrected chi connectivity index (χ3v) is 18.9. The minimum atomic E-state index is -0.277. The normalized spacial score (nSPS) is 56.3. The summed E-state index contributed by atoms with van der Waals surface area (Å²) in [6.45, 7) is 16.6. The zero-order chi connectivity index (χ0) is 34.6. The molecule has 8 rings (SSSR count). The van der Waals surface area contributed by atoms with Gasteiger partial charge in [0.25, 0.3) is 0 Å². The first-order valence-corrected chi connectivity index (χ1v) is 20.5. The predicted octanol–water partition coefficient (Wildman–Crippen LogP) is 4.77. The van der Waals surface area contributed by atoms with Gasteiger partial charge in [0.15, 0.2) is 0 Å². The molecule has 0 aliphatic heterocycles. The van der Waals surface area contributed by atoms with Crippen molar-refractivity contribution in [1.82, 2.24) is 0 Å². The Morgan fingerprint density at radius 1 is 0.510 bits per heavy atom. The van der Waals surface area contributed by atoms with Gasteiger partial charge >= 0.3 is 18.9 Å². The van der Waals surface area contributed by atoms with E-state index in [0.29, 0.717) is 52.8 Å². The molecule has 6 N–H and O–H groups in total. The van der Waals surface area contributed by atoms with Crippen LogP contribution in [0, 0.1) is 121 Å². The molecule has 0 amide bonds. The van der Waals surface area contributed by atoms with Gasteiger partial charge in [-0.15, -0.1) is 0 Å². The van der Waals surface area contributed by atoms with Gasteiger partial charge in [-0.3, -0.25) is 0 Å². The van der Waals surface area contributed by atoms with Gasteiger partial charge in [-0.25, -0.2) is 0 Å². The number of nitriles is 2. The summed E-state index contributed by atoms with van der Waals surface area (Å²) in [6, 6.07) is 5.14. The van der Waals surface area contributed by atoms with E-state index < -0.39 is 0 Å². The third kappa shape index (κ3) is 6.23. The smallest absolute Gasteiger partial charge is 0.870 e. The molecule has 0 aromatic carbocycles. The van der Waals surface area contributed by atoms with Crippen LogP contribution in [0.2, 0.25) is 0 Å². The minimum absolute atomic E-state index is 0. The molecule has 0 unspecified atom stereocenters. The number of hydrogen-bond acceptors (Lipinski definition) is 6. The van der Waals surface area contributed by atoms with Crippen molar-refractivity contribution < 1.29 is 45.1 Å². The van der Waals surface area contributed by atoms with Crippen LogP contribution in [0.25, 0.3) is 0 Å². The van der Waals surface area contributed by atoms with E-state index in [0.717, 1.165) is 56.3 Å². The number of fused-ring (bicyclic) bond motifs is 10. The van der Waals surface area contributed by atoms with Gasteiger partial charge in [0, 0.05) is 0 Å². The number of rotatable bonds is 0. The topological polar surface area (TPSA) is 170 Å². The first-order valence-electron chi connectivity index (χ1n) is 20.5.